The van der Waals surface area contributed by atoms with E-state index < -0.39 is 0 Å². The quantitative estimate of drug-likeness (QED) is 0.791. The van der Waals surface area contributed by atoms with E-state index in [1.165, 1.54) is 24.8 Å². The second-order valence-corrected chi connectivity index (χ2v) is 10.00. The van der Waals surface area contributed by atoms with Crippen LogP contribution < -0.4 is 4.74 Å². The smallest absolute Gasteiger partial charge is 0.223 e. The van der Waals surface area contributed by atoms with Crippen LogP contribution >= 0.6 is 0 Å². The number of nitrogens with zero attached hydrogens (tertiary/aromatic N) is 3. The van der Waals surface area contributed by atoms with Gasteiger partial charge < -0.3 is 14.5 Å². The van der Waals surface area contributed by atoms with Crippen LogP contribution in [-0.4, -0.2) is 52.5 Å². The summed E-state index contributed by atoms with van der Waals surface area (Å²) >= 11 is 0. The normalized spacial score (nSPS) is 21.9. The summed E-state index contributed by atoms with van der Waals surface area (Å²) in [5.74, 6) is 1.01. The number of amides is 1. The maximum atomic E-state index is 12.5. The van der Waals surface area contributed by atoms with Crippen molar-refractivity contribution in [3.8, 4) is 5.88 Å². The number of piperidine rings is 1. The molecule has 0 N–H and O–H groups in total. The van der Waals surface area contributed by atoms with Gasteiger partial charge >= 0.3 is 0 Å². The number of hydrogen-bond acceptors (Lipinski definition) is 4. The summed E-state index contributed by atoms with van der Waals surface area (Å²) in [5.41, 5.74) is 2.30. The Morgan fingerprint density at radius 2 is 1.89 bits per heavy atom. The monoisotopic (exact) mass is 385 g/mol. The van der Waals surface area contributed by atoms with Gasteiger partial charge in [0.05, 0.1) is 5.69 Å². The topological polar surface area (TPSA) is 45.7 Å². The molecule has 0 atom stereocenters. The molecule has 0 unspecified atom stereocenters. The van der Waals surface area contributed by atoms with Gasteiger partial charge in [-0.25, -0.2) is 4.98 Å². The number of aromatic nitrogens is 1. The summed E-state index contributed by atoms with van der Waals surface area (Å²) in [4.78, 5) is 21.9. The van der Waals surface area contributed by atoms with E-state index in [0.29, 0.717) is 13.0 Å². The Balaban J connectivity index is 1.31. The summed E-state index contributed by atoms with van der Waals surface area (Å²) in [5, 5.41) is 0. The van der Waals surface area contributed by atoms with Crippen LogP contribution in [0.15, 0.2) is 12.1 Å². The Morgan fingerprint density at radius 1 is 1.14 bits per heavy atom. The lowest BCUT2D eigenvalue weighted by molar-refractivity contribution is -0.134. The Hall–Kier alpha value is -1.62. The van der Waals surface area contributed by atoms with Crippen molar-refractivity contribution in [2.75, 3.05) is 19.6 Å². The van der Waals surface area contributed by atoms with Crippen LogP contribution in [0.4, 0.5) is 0 Å². The van der Waals surface area contributed by atoms with Crippen molar-refractivity contribution in [3.05, 3.63) is 23.4 Å². The summed E-state index contributed by atoms with van der Waals surface area (Å²) < 4.78 is 6.22. The van der Waals surface area contributed by atoms with Crippen LogP contribution in [0.25, 0.3) is 0 Å². The maximum absolute atomic E-state index is 12.5. The summed E-state index contributed by atoms with van der Waals surface area (Å²) in [6, 6.07) is 4.94. The van der Waals surface area contributed by atoms with Crippen molar-refractivity contribution in [1.82, 2.24) is 14.8 Å². The van der Waals surface area contributed by atoms with Gasteiger partial charge in [-0.15, -0.1) is 0 Å². The minimum Gasteiger partial charge on any atom is -0.474 e. The van der Waals surface area contributed by atoms with E-state index >= 15 is 0 Å². The number of carbonyl (C=O) groups is 1. The van der Waals surface area contributed by atoms with E-state index in [9.17, 15) is 4.79 Å². The van der Waals surface area contributed by atoms with Gasteiger partial charge in [-0.05, 0) is 36.7 Å². The van der Waals surface area contributed by atoms with E-state index in [2.05, 4.69) is 31.7 Å². The van der Waals surface area contributed by atoms with Gasteiger partial charge in [0, 0.05) is 51.1 Å². The Morgan fingerprint density at radius 3 is 2.54 bits per heavy atom. The Kier molecular flexibility index (Phi) is 5.64. The highest BCUT2D eigenvalue weighted by atomic mass is 16.5. The molecule has 0 radical (unpaired) electrons. The van der Waals surface area contributed by atoms with Crippen LogP contribution in [0.5, 0.6) is 5.88 Å². The number of pyridine rings is 1. The minimum atomic E-state index is 0.0293. The van der Waals surface area contributed by atoms with Crippen molar-refractivity contribution >= 4 is 5.91 Å². The summed E-state index contributed by atoms with van der Waals surface area (Å²) in [7, 11) is 0. The van der Waals surface area contributed by atoms with Crippen LogP contribution in [0.3, 0.4) is 0 Å². The molecule has 4 rings (SSSR count). The SMILES string of the molecule is CC(C)(C)CC(=O)N1CCc2nc(OC3CCN(C4CCC4)CC3)ccc2C1. The lowest BCUT2D eigenvalue weighted by Gasteiger charge is -2.41. The standard InChI is InChI=1S/C23H35N3O2/c1-23(2,3)15-22(27)26-14-11-20-17(16-26)7-8-21(24-20)28-19-9-12-25(13-10-19)18-5-4-6-18/h7-8,18-19H,4-6,9-16H2,1-3H3. The lowest BCUT2D eigenvalue weighted by atomic mass is 9.90. The number of hydrogen-bond donors (Lipinski definition) is 0. The highest BCUT2D eigenvalue weighted by Gasteiger charge is 2.30. The van der Waals surface area contributed by atoms with E-state index in [0.717, 1.165) is 56.5 Å². The van der Waals surface area contributed by atoms with Crippen LogP contribution in [0, 0.1) is 5.41 Å². The molecule has 1 amide bonds. The third kappa shape index (κ3) is 4.68. The van der Waals surface area contributed by atoms with E-state index in [1.807, 2.05) is 11.0 Å². The molecule has 1 saturated heterocycles. The molecule has 1 saturated carbocycles. The fourth-order valence-electron chi connectivity index (χ4n) is 4.52. The van der Waals surface area contributed by atoms with Crippen molar-refractivity contribution in [3.63, 3.8) is 0 Å². The molecule has 0 spiro atoms. The highest BCUT2D eigenvalue weighted by Crippen LogP contribution is 2.29. The van der Waals surface area contributed by atoms with Gasteiger partial charge in [-0.1, -0.05) is 33.3 Å². The molecule has 28 heavy (non-hydrogen) atoms. The van der Waals surface area contributed by atoms with Gasteiger partial charge in [0.25, 0.3) is 0 Å². The largest absolute Gasteiger partial charge is 0.474 e. The first-order valence-electron chi connectivity index (χ1n) is 11.0. The third-order valence-corrected chi connectivity index (χ3v) is 6.41. The predicted octanol–water partition coefficient (Wildman–Crippen LogP) is 3.80. The molecular formula is C23H35N3O2. The number of ether oxygens (including phenoxy) is 1. The molecule has 154 valence electrons. The zero-order valence-electron chi connectivity index (χ0n) is 17.7. The molecule has 3 aliphatic rings. The van der Waals surface area contributed by atoms with Gasteiger partial charge in [0.2, 0.25) is 11.8 Å². The van der Waals surface area contributed by atoms with Crippen LogP contribution in [0.1, 0.15) is 70.6 Å². The predicted molar refractivity (Wildman–Crippen MR) is 110 cm³/mol. The molecule has 1 aromatic heterocycles. The second kappa shape index (κ2) is 8.02. The van der Waals surface area contributed by atoms with Crippen molar-refractivity contribution in [1.29, 1.82) is 0 Å². The summed E-state index contributed by atoms with van der Waals surface area (Å²) in [6.45, 7) is 10.1. The van der Waals surface area contributed by atoms with Crippen molar-refractivity contribution < 1.29 is 9.53 Å². The fourth-order valence-corrected chi connectivity index (χ4v) is 4.52. The first kappa shape index (κ1) is 19.7. The van der Waals surface area contributed by atoms with Crippen molar-refractivity contribution in [2.45, 2.75) is 84.4 Å². The van der Waals surface area contributed by atoms with Gasteiger partial charge in [0.15, 0.2) is 0 Å². The van der Waals surface area contributed by atoms with Gasteiger partial charge in [0.1, 0.15) is 6.10 Å². The fraction of sp³-hybridized carbons (Fsp3) is 0.739. The van der Waals surface area contributed by atoms with Crippen molar-refractivity contribution in [2.24, 2.45) is 5.41 Å². The summed E-state index contributed by atoms with van der Waals surface area (Å²) in [6.07, 6.45) is 8.07. The number of rotatable bonds is 4. The van der Waals surface area contributed by atoms with E-state index in [-0.39, 0.29) is 17.4 Å². The highest BCUT2D eigenvalue weighted by molar-refractivity contribution is 5.77. The van der Waals surface area contributed by atoms with E-state index in [4.69, 9.17) is 9.72 Å². The average molecular weight is 386 g/mol. The lowest BCUT2D eigenvalue weighted by Crippen LogP contribution is -2.46. The molecular weight excluding hydrogens is 350 g/mol. The molecule has 5 nitrogen and oxygen atoms in total. The number of fused-ring (bicyclic) bond motifs is 1. The van der Waals surface area contributed by atoms with Gasteiger partial charge in [-0.3, -0.25) is 4.79 Å². The maximum Gasteiger partial charge on any atom is 0.223 e. The van der Waals surface area contributed by atoms with Crippen LogP contribution in [0.2, 0.25) is 0 Å². The number of carbonyl (C=O) groups excluding carboxylic acids is 1. The third-order valence-electron chi connectivity index (χ3n) is 6.41. The first-order valence-corrected chi connectivity index (χ1v) is 11.0. The Labute approximate surface area is 169 Å². The van der Waals surface area contributed by atoms with Gasteiger partial charge in [-0.2, -0.15) is 0 Å². The zero-order valence-corrected chi connectivity index (χ0v) is 17.7. The first-order chi connectivity index (χ1) is 13.4. The number of likely N-dealkylation sites (tertiary alicyclic amines) is 1. The second-order valence-electron chi connectivity index (χ2n) is 10.00. The minimum absolute atomic E-state index is 0.0293. The molecule has 0 bridgehead atoms. The zero-order chi connectivity index (χ0) is 19.7. The molecule has 3 heterocycles. The molecule has 1 aliphatic carbocycles. The molecule has 1 aromatic rings. The molecule has 5 heteroatoms. The average Bonchev–Trinajstić information content (AvgIpc) is 2.60. The van der Waals surface area contributed by atoms with Crippen LogP contribution in [-0.2, 0) is 17.8 Å². The molecule has 2 fully saturated rings. The Bertz CT molecular complexity index is 700. The van der Waals surface area contributed by atoms with E-state index in [1.54, 1.807) is 0 Å². The molecule has 0 aromatic carbocycles. The molecule has 2 aliphatic heterocycles.